The van der Waals surface area contributed by atoms with Crippen LogP contribution in [0.15, 0.2) is 65.6 Å². The third-order valence-electron chi connectivity index (χ3n) is 6.42. The molecule has 1 aliphatic heterocycles. The van der Waals surface area contributed by atoms with Crippen molar-refractivity contribution in [2.24, 2.45) is 0 Å². The van der Waals surface area contributed by atoms with E-state index in [1.165, 1.54) is 24.3 Å². The van der Waals surface area contributed by atoms with E-state index in [0.29, 0.717) is 24.5 Å². The average molecular weight is 552 g/mol. The van der Waals surface area contributed by atoms with Crippen molar-refractivity contribution >= 4 is 38.9 Å². The number of nitrogens with one attached hydrogen (secondary N) is 1. The predicted octanol–water partition coefficient (Wildman–Crippen LogP) is 5.74. The van der Waals surface area contributed by atoms with E-state index >= 15 is 0 Å². The second-order valence-corrected chi connectivity index (χ2v) is 10.9. The van der Waals surface area contributed by atoms with Crippen molar-refractivity contribution in [3.63, 3.8) is 0 Å². The zero-order valence-corrected chi connectivity index (χ0v) is 21.7. The number of piperazine rings is 1. The second-order valence-electron chi connectivity index (χ2n) is 8.83. The van der Waals surface area contributed by atoms with E-state index in [9.17, 15) is 26.4 Å². The number of halogens is 4. The van der Waals surface area contributed by atoms with E-state index in [-0.39, 0.29) is 34.5 Å². The van der Waals surface area contributed by atoms with E-state index in [4.69, 9.17) is 11.6 Å². The summed E-state index contributed by atoms with van der Waals surface area (Å²) in [7, 11) is -4.08. The van der Waals surface area contributed by atoms with Gasteiger partial charge in [0.1, 0.15) is 4.90 Å². The van der Waals surface area contributed by atoms with Crippen molar-refractivity contribution in [3.8, 4) is 0 Å². The minimum Gasteiger partial charge on any atom is -0.368 e. The van der Waals surface area contributed by atoms with Crippen LogP contribution in [0, 0.1) is 13.8 Å². The van der Waals surface area contributed by atoms with Gasteiger partial charge < -0.3 is 9.80 Å². The number of hydrogen-bond donors (Lipinski definition) is 1. The molecule has 1 saturated heterocycles. The van der Waals surface area contributed by atoms with Crippen LogP contribution in [0.25, 0.3) is 0 Å². The van der Waals surface area contributed by atoms with E-state index in [1.54, 1.807) is 34.9 Å². The lowest BCUT2D eigenvalue weighted by Crippen LogP contribution is -2.48. The Balaban J connectivity index is 1.49. The Morgan fingerprint density at radius 1 is 0.946 bits per heavy atom. The van der Waals surface area contributed by atoms with E-state index in [2.05, 4.69) is 4.72 Å². The largest absolute Gasteiger partial charge is 0.416 e. The van der Waals surface area contributed by atoms with Gasteiger partial charge in [-0.2, -0.15) is 13.2 Å². The van der Waals surface area contributed by atoms with Gasteiger partial charge in [0.15, 0.2) is 0 Å². The molecule has 0 radical (unpaired) electrons. The zero-order valence-electron chi connectivity index (χ0n) is 20.1. The summed E-state index contributed by atoms with van der Waals surface area (Å²) >= 11 is 6.21. The minimum absolute atomic E-state index is 0.0243. The number of aryl methyl sites for hydroxylation is 1. The summed E-state index contributed by atoms with van der Waals surface area (Å²) < 4.78 is 68.0. The first-order valence-corrected chi connectivity index (χ1v) is 13.3. The number of carbonyl (C=O) groups excluding carboxylic acids is 1. The van der Waals surface area contributed by atoms with Gasteiger partial charge in [0.05, 0.1) is 16.3 Å². The summed E-state index contributed by atoms with van der Waals surface area (Å²) in [4.78, 5) is 16.3. The highest BCUT2D eigenvalue weighted by molar-refractivity contribution is 7.92. The maximum absolute atomic E-state index is 13.2. The minimum atomic E-state index is -4.44. The first kappa shape index (κ1) is 26.8. The molecule has 0 atom stereocenters. The molecule has 196 valence electrons. The highest BCUT2D eigenvalue weighted by atomic mass is 35.5. The lowest BCUT2D eigenvalue weighted by molar-refractivity contribution is -0.137. The first-order valence-electron chi connectivity index (χ1n) is 11.5. The highest BCUT2D eigenvalue weighted by Gasteiger charge is 2.31. The Kier molecular flexibility index (Phi) is 7.43. The Labute approximate surface area is 218 Å². The van der Waals surface area contributed by atoms with Crippen molar-refractivity contribution in [3.05, 3.63) is 87.9 Å². The van der Waals surface area contributed by atoms with E-state index < -0.39 is 21.8 Å². The van der Waals surface area contributed by atoms with E-state index in [1.807, 2.05) is 13.0 Å². The van der Waals surface area contributed by atoms with Gasteiger partial charge >= 0.3 is 6.18 Å². The van der Waals surface area contributed by atoms with Crippen LogP contribution in [0.3, 0.4) is 0 Å². The van der Waals surface area contributed by atoms with Crippen molar-refractivity contribution in [1.82, 2.24) is 4.90 Å². The molecule has 37 heavy (non-hydrogen) atoms. The predicted molar refractivity (Wildman–Crippen MR) is 138 cm³/mol. The third-order valence-corrected chi connectivity index (χ3v) is 8.27. The first-order chi connectivity index (χ1) is 17.4. The maximum atomic E-state index is 13.2. The summed E-state index contributed by atoms with van der Waals surface area (Å²) in [6.45, 7) is 4.86. The van der Waals surface area contributed by atoms with Gasteiger partial charge in [-0.25, -0.2) is 8.42 Å². The lowest BCUT2D eigenvalue weighted by Gasteiger charge is -2.36. The van der Waals surface area contributed by atoms with Gasteiger partial charge in [0.2, 0.25) is 0 Å². The standard InChI is InChI=1S/C26H25ClF3N3O3S/c1-17-5-3-8-23(18(17)2)31-37(35,36)24-15-19(9-10-22(24)27)25(34)33-13-11-32(12-14-33)21-7-4-6-20(16-21)26(28,29)30/h3-10,15-16,31H,11-14H2,1-2H3. The van der Waals surface area contributed by atoms with Crippen LogP contribution in [-0.4, -0.2) is 45.4 Å². The molecule has 0 aliphatic carbocycles. The summed E-state index contributed by atoms with van der Waals surface area (Å²) in [5.41, 5.74) is 1.96. The molecule has 0 unspecified atom stereocenters. The number of hydrogen-bond acceptors (Lipinski definition) is 4. The van der Waals surface area contributed by atoms with Gasteiger partial charge in [-0.3, -0.25) is 9.52 Å². The van der Waals surface area contributed by atoms with Crippen LogP contribution in [-0.2, 0) is 16.2 Å². The number of anilines is 2. The fourth-order valence-corrected chi connectivity index (χ4v) is 5.78. The molecule has 6 nitrogen and oxygen atoms in total. The van der Waals surface area contributed by atoms with Crippen molar-refractivity contribution in [1.29, 1.82) is 0 Å². The van der Waals surface area contributed by atoms with Gasteiger partial charge in [-0.15, -0.1) is 0 Å². The molecule has 1 aliphatic rings. The number of rotatable bonds is 5. The summed E-state index contributed by atoms with van der Waals surface area (Å²) in [6, 6.07) is 14.4. The lowest BCUT2D eigenvalue weighted by atomic mass is 10.1. The quantitative estimate of drug-likeness (QED) is 0.439. The summed E-state index contributed by atoms with van der Waals surface area (Å²) in [6.07, 6.45) is -4.44. The van der Waals surface area contributed by atoms with Crippen molar-refractivity contribution in [2.75, 3.05) is 35.8 Å². The molecular weight excluding hydrogens is 527 g/mol. The summed E-state index contributed by atoms with van der Waals surface area (Å²) in [5.74, 6) is -0.386. The normalized spacial score (nSPS) is 14.5. The van der Waals surface area contributed by atoms with Gasteiger partial charge in [-0.05, 0) is 67.4 Å². The molecule has 1 amide bonds. The van der Waals surface area contributed by atoms with Gasteiger partial charge in [0, 0.05) is 37.4 Å². The summed E-state index contributed by atoms with van der Waals surface area (Å²) in [5, 5.41) is -0.0243. The van der Waals surface area contributed by atoms with Crippen LogP contribution in [0.2, 0.25) is 5.02 Å². The maximum Gasteiger partial charge on any atom is 0.416 e. The molecule has 11 heteroatoms. The van der Waals surface area contributed by atoms with Crippen LogP contribution in [0.4, 0.5) is 24.5 Å². The Hall–Kier alpha value is -3.24. The number of carbonyl (C=O) groups is 1. The van der Waals surface area contributed by atoms with Crippen LogP contribution in [0.5, 0.6) is 0 Å². The highest BCUT2D eigenvalue weighted by Crippen LogP contribution is 2.32. The second kappa shape index (κ2) is 10.3. The molecule has 0 aromatic heterocycles. The molecular formula is C26H25ClF3N3O3S. The molecule has 1 N–H and O–H groups in total. The number of benzene rings is 3. The molecule has 0 spiro atoms. The molecule has 0 saturated carbocycles. The monoisotopic (exact) mass is 551 g/mol. The van der Waals surface area contributed by atoms with Crippen LogP contribution >= 0.6 is 11.6 Å². The van der Waals surface area contributed by atoms with E-state index in [0.717, 1.165) is 23.3 Å². The average Bonchev–Trinajstić information content (AvgIpc) is 2.86. The Morgan fingerprint density at radius 3 is 2.30 bits per heavy atom. The molecule has 3 aromatic carbocycles. The number of sulfonamides is 1. The number of amides is 1. The molecule has 3 aromatic rings. The van der Waals surface area contributed by atoms with Crippen LogP contribution in [0.1, 0.15) is 27.0 Å². The van der Waals surface area contributed by atoms with Crippen molar-refractivity contribution in [2.45, 2.75) is 24.9 Å². The third kappa shape index (κ3) is 5.86. The molecule has 0 bridgehead atoms. The Morgan fingerprint density at radius 2 is 1.62 bits per heavy atom. The Bertz CT molecular complexity index is 1440. The smallest absolute Gasteiger partial charge is 0.368 e. The zero-order chi connectivity index (χ0) is 27.0. The fraction of sp³-hybridized carbons (Fsp3) is 0.269. The molecule has 4 rings (SSSR count). The topological polar surface area (TPSA) is 69.7 Å². The number of alkyl halides is 3. The van der Waals surface area contributed by atoms with Gasteiger partial charge in [0.25, 0.3) is 15.9 Å². The van der Waals surface area contributed by atoms with Gasteiger partial charge in [-0.1, -0.05) is 29.8 Å². The van der Waals surface area contributed by atoms with Crippen LogP contribution < -0.4 is 9.62 Å². The SMILES string of the molecule is Cc1cccc(NS(=O)(=O)c2cc(C(=O)N3CCN(c4cccc(C(F)(F)F)c4)CC3)ccc2Cl)c1C. The van der Waals surface area contributed by atoms with Crippen molar-refractivity contribution < 1.29 is 26.4 Å². The number of nitrogens with zero attached hydrogens (tertiary/aromatic N) is 2. The molecule has 1 fully saturated rings. The fourth-order valence-electron chi connectivity index (χ4n) is 4.13. The molecule has 1 heterocycles.